The first-order valence-corrected chi connectivity index (χ1v) is 6.52. The van der Waals surface area contributed by atoms with Gasteiger partial charge in [0.25, 0.3) is 0 Å². The normalized spacial score (nSPS) is 25.2. The molecule has 1 amide bonds. The quantitative estimate of drug-likeness (QED) is 0.850. The van der Waals surface area contributed by atoms with E-state index in [2.05, 4.69) is 0 Å². The van der Waals surface area contributed by atoms with Crippen molar-refractivity contribution in [3.05, 3.63) is 29.8 Å². The van der Waals surface area contributed by atoms with E-state index in [0.717, 1.165) is 30.7 Å². The molecule has 2 aliphatic heterocycles. The number of hydrogen-bond donors (Lipinski definition) is 1. The maximum atomic E-state index is 12.5. The summed E-state index contributed by atoms with van der Waals surface area (Å²) >= 11 is 0. The van der Waals surface area contributed by atoms with Crippen LogP contribution in [0.2, 0.25) is 0 Å². The van der Waals surface area contributed by atoms with Gasteiger partial charge in [-0.2, -0.15) is 0 Å². The van der Waals surface area contributed by atoms with Gasteiger partial charge in [-0.05, 0) is 18.9 Å². The number of fused-ring (bicyclic) bond motifs is 1. The molecule has 2 heterocycles. The Hall–Kier alpha value is -1.26. The van der Waals surface area contributed by atoms with E-state index in [9.17, 15) is 4.79 Å². The maximum Gasteiger partial charge on any atom is 0.230 e. The average molecular weight is 283 g/mol. The zero-order valence-corrected chi connectivity index (χ0v) is 11.6. The van der Waals surface area contributed by atoms with Crippen LogP contribution in [0.3, 0.4) is 0 Å². The fraction of sp³-hybridized carbons (Fsp3) is 0.500. The first-order chi connectivity index (χ1) is 8.75. The summed E-state index contributed by atoms with van der Waals surface area (Å²) in [6, 6.07) is 7.97. The second-order valence-corrected chi connectivity index (χ2v) is 5.06. The molecule has 0 spiro atoms. The zero-order chi connectivity index (χ0) is 12.5. The second-order valence-electron chi connectivity index (χ2n) is 5.06. The molecule has 1 aromatic carbocycles. The topological polar surface area (TPSA) is 55.6 Å². The van der Waals surface area contributed by atoms with Gasteiger partial charge in [-0.1, -0.05) is 18.2 Å². The first kappa shape index (κ1) is 14.2. The maximum absolute atomic E-state index is 12.5. The molecule has 0 radical (unpaired) electrons. The Bertz CT molecular complexity index is 467. The molecule has 19 heavy (non-hydrogen) atoms. The van der Waals surface area contributed by atoms with Crippen LogP contribution in [0.15, 0.2) is 24.3 Å². The van der Waals surface area contributed by atoms with Crippen molar-refractivity contribution >= 4 is 18.3 Å². The number of para-hydroxylation sites is 1. The van der Waals surface area contributed by atoms with Crippen molar-refractivity contribution in [2.45, 2.75) is 24.8 Å². The lowest BCUT2D eigenvalue weighted by Gasteiger charge is -2.28. The van der Waals surface area contributed by atoms with Crippen LogP contribution < -0.4 is 10.5 Å². The molecule has 0 bridgehead atoms. The number of amides is 1. The van der Waals surface area contributed by atoms with Crippen LogP contribution in [-0.2, 0) is 4.79 Å². The average Bonchev–Trinajstić information content (AvgIpc) is 2.84. The Balaban J connectivity index is 0.00000133. The fourth-order valence-corrected chi connectivity index (χ4v) is 2.81. The van der Waals surface area contributed by atoms with Crippen molar-refractivity contribution in [3.8, 4) is 5.75 Å². The van der Waals surface area contributed by atoms with Crippen LogP contribution in [0.1, 0.15) is 24.3 Å². The molecule has 1 aromatic rings. The highest BCUT2D eigenvalue weighted by atomic mass is 35.5. The Morgan fingerprint density at radius 1 is 1.32 bits per heavy atom. The fourth-order valence-electron chi connectivity index (χ4n) is 2.81. The molecule has 0 aromatic heterocycles. The predicted octanol–water partition coefficient (Wildman–Crippen LogP) is 1.53. The van der Waals surface area contributed by atoms with Crippen molar-refractivity contribution in [1.29, 1.82) is 0 Å². The molecule has 1 fully saturated rings. The molecular formula is C14H19ClN2O2. The monoisotopic (exact) mass is 282 g/mol. The number of rotatable bonds is 1. The SMILES string of the molecule is Cl.NC1CCN(C(=O)C2CCOc3ccccc32)C1. The lowest BCUT2D eigenvalue weighted by molar-refractivity contribution is -0.132. The van der Waals surface area contributed by atoms with Gasteiger partial charge in [0.2, 0.25) is 5.91 Å². The third-order valence-corrected chi connectivity index (χ3v) is 3.79. The molecule has 3 rings (SSSR count). The molecule has 5 heteroatoms. The summed E-state index contributed by atoms with van der Waals surface area (Å²) in [7, 11) is 0. The number of carbonyl (C=O) groups excluding carboxylic acids is 1. The van der Waals surface area contributed by atoms with E-state index in [1.165, 1.54) is 0 Å². The third-order valence-electron chi connectivity index (χ3n) is 3.79. The molecule has 2 N–H and O–H groups in total. The summed E-state index contributed by atoms with van der Waals surface area (Å²) in [5.74, 6) is 1.00. The van der Waals surface area contributed by atoms with Gasteiger partial charge in [0, 0.05) is 24.7 Å². The molecule has 2 atom stereocenters. The van der Waals surface area contributed by atoms with Gasteiger partial charge < -0.3 is 15.4 Å². The van der Waals surface area contributed by atoms with Gasteiger partial charge in [-0.25, -0.2) is 0 Å². The molecule has 0 saturated carbocycles. The van der Waals surface area contributed by atoms with Crippen molar-refractivity contribution in [2.24, 2.45) is 5.73 Å². The van der Waals surface area contributed by atoms with E-state index < -0.39 is 0 Å². The van der Waals surface area contributed by atoms with E-state index in [1.54, 1.807) is 0 Å². The standard InChI is InChI=1S/C14H18N2O2.ClH/c15-10-5-7-16(9-10)14(17)12-6-8-18-13-4-2-1-3-11(12)13;/h1-4,10,12H,5-9,15H2;1H. The van der Waals surface area contributed by atoms with Crippen LogP contribution >= 0.6 is 12.4 Å². The summed E-state index contributed by atoms with van der Waals surface area (Å²) < 4.78 is 5.59. The van der Waals surface area contributed by atoms with Crippen LogP contribution in [0.25, 0.3) is 0 Å². The van der Waals surface area contributed by atoms with E-state index >= 15 is 0 Å². The molecular weight excluding hydrogens is 264 g/mol. The highest BCUT2D eigenvalue weighted by Crippen LogP contribution is 2.35. The predicted molar refractivity (Wildman–Crippen MR) is 75.7 cm³/mol. The largest absolute Gasteiger partial charge is 0.493 e. The first-order valence-electron chi connectivity index (χ1n) is 6.52. The Morgan fingerprint density at radius 3 is 2.84 bits per heavy atom. The summed E-state index contributed by atoms with van der Waals surface area (Å²) in [5.41, 5.74) is 6.89. The number of halogens is 1. The summed E-state index contributed by atoms with van der Waals surface area (Å²) in [6.45, 7) is 2.10. The lowest BCUT2D eigenvalue weighted by atomic mass is 9.92. The summed E-state index contributed by atoms with van der Waals surface area (Å²) in [5, 5.41) is 0. The third kappa shape index (κ3) is 2.69. The molecule has 1 saturated heterocycles. The molecule has 2 unspecified atom stereocenters. The van der Waals surface area contributed by atoms with E-state index in [1.807, 2.05) is 29.2 Å². The number of ether oxygens (including phenoxy) is 1. The van der Waals surface area contributed by atoms with Gasteiger partial charge in [0.15, 0.2) is 0 Å². The van der Waals surface area contributed by atoms with Crippen LogP contribution in [0.5, 0.6) is 5.75 Å². The van der Waals surface area contributed by atoms with Gasteiger partial charge in [-0.3, -0.25) is 4.79 Å². The Labute approximate surface area is 119 Å². The number of nitrogens with zero attached hydrogens (tertiary/aromatic N) is 1. The number of likely N-dealkylation sites (tertiary alicyclic amines) is 1. The van der Waals surface area contributed by atoms with Gasteiger partial charge >= 0.3 is 0 Å². The van der Waals surface area contributed by atoms with Crippen molar-refractivity contribution < 1.29 is 9.53 Å². The summed E-state index contributed by atoms with van der Waals surface area (Å²) in [6.07, 6.45) is 1.68. The number of hydrogen-bond acceptors (Lipinski definition) is 3. The number of carbonyl (C=O) groups is 1. The highest BCUT2D eigenvalue weighted by molar-refractivity contribution is 5.85. The zero-order valence-electron chi connectivity index (χ0n) is 10.7. The molecule has 104 valence electrons. The summed E-state index contributed by atoms with van der Waals surface area (Å²) in [4.78, 5) is 14.4. The lowest BCUT2D eigenvalue weighted by Crippen LogP contribution is -2.37. The van der Waals surface area contributed by atoms with Crippen molar-refractivity contribution in [1.82, 2.24) is 4.90 Å². The van der Waals surface area contributed by atoms with E-state index in [-0.39, 0.29) is 30.3 Å². The van der Waals surface area contributed by atoms with Crippen LogP contribution in [0, 0.1) is 0 Å². The Kier molecular flexibility index (Phi) is 4.32. The van der Waals surface area contributed by atoms with E-state index in [0.29, 0.717) is 13.2 Å². The smallest absolute Gasteiger partial charge is 0.230 e. The highest BCUT2D eigenvalue weighted by Gasteiger charge is 2.33. The van der Waals surface area contributed by atoms with Gasteiger partial charge in [0.1, 0.15) is 5.75 Å². The van der Waals surface area contributed by atoms with Gasteiger partial charge in [-0.15, -0.1) is 12.4 Å². The van der Waals surface area contributed by atoms with Crippen molar-refractivity contribution in [2.75, 3.05) is 19.7 Å². The second kappa shape index (κ2) is 5.80. The minimum absolute atomic E-state index is 0. The minimum Gasteiger partial charge on any atom is -0.493 e. The van der Waals surface area contributed by atoms with Crippen LogP contribution in [0.4, 0.5) is 0 Å². The molecule has 0 aliphatic carbocycles. The van der Waals surface area contributed by atoms with E-state index in [4.69, 9.17) is 10.5 Å². The number of benzene rings is 1. The number of nitrogens with two attached hydrogens (primary N) is 1. The molecule has 2 aliphatic rings. The van der Waals surface area contributed by atoms with Crippen molar-refractivity contribution in [3.63, 3.8) is 0 Å². The molecule has 4 nitrogen and oxygen atoms in total. The van der Waals surface area contributed by atoms with Gasteiger partial charge in [0.05, 0.1) is 12.5 Å². The van der Waals surface area contributed by atoms with Crippen LogP contribution in [-0.4, -0.2) is 36.5 Å². The minimum atomic E-state index is -0.0553. The Morgan fingerprint density at radius 2 is 2.11 bits per heavy atom.